The molecule has 11 rings (SSSR count). The molecule has 0 N–H and O–H groups in total. The van der Waals surface area contributed by atoms with Gasteiger partial charge in [0.1, 0.15) is 11.2 Å². The van der Waals surface area contributed by atoms with E-state index in [1.54, 1.807) is 0 Å². The van der Waals surface area contributed by atoms with E-state index in [2.05, 4.69) is 191 Å². The molecule has 2 heterocycles. The normalized spacial score (nSPS) is 11.8. The zero-order chi connectivity index (χ0) is 34.9. The molecule has 0 saturated heterocycles. The molecule has 0 fully saturated rings. The quantitative estimate of drug-likeness (QED) is 0.169. The van der Waals surface area contributed by atoms with Crippen LogP contribution in [-0.4, -0.2) is 4.57 Å². The van der Waals surface area contributed by atoms with Crippen LogP contribution in [-0.2, 0) is 0 Å². The Morgan fingerprint density at radius 1 is 0.377 bits per heavy atom. The Hall–Kier alpha value is -7.10. The van der Waals surface area contributed by atoms with Gasteiger partial charge in [0.05, 0.1) is 11.0 Å². The number of nitrogens with zero attached hydrogens (tertiary/aromatic N) is 2. The number of hydrogen-bond donors (Lipinski definition) is 0. The lowest BCUT2D eigenvalue weighted by Gasteiger charge is -2.26. The fraction of sp³-hybridized carbons (Fsp3) is 0. The summed E-state index contributed by atoms with van der Waals surface area (Å²) in [5.41, 5.74) is 10.8. The van der Waals surface area contributed by atoms with Crippen LogP contribution in [0.3, 0.4) is 0 Å². The highest BCUT2D eigenvalue weighted by molar-refractivity contribution is 6.11. The molecule has 11 aromatic rings. The van der Waals surface area contributed by atoms with E-state index < -0.39 is 0 Å². The van der Waals surface area contributed by atoms with Crippen LogP contribution in [0.25, 0.3) is 82.1 Å². The predicted octanol–water partition coefficient (Wildman–Crippen LogP) is 14.1. The number of anilines is 3. The van der Waals surface area contributed by atoms with Crippen LogP contribution in [0.4, 0.5) is 17.1 Å². The lowest BCUT2D eigenvalue weighted by Crippen LogP contribution is -2.10. The van der Waals surface area contributed by atoms with Gasteiger partial charge in [-0.15, -0.1) is 0 Å². The molecule has 3 nitrogen and oxygen atoms in total. The first kappa shape index (κ1) is 29.6. The van der Waals surface area contributed by atoms with Gasteiger partial charge >= 0.3 is 0 Å². The summed E-state index contributed by atoms with van der Waals surface area (Å²) in [6.45, 7) is 0. The first-order valence-electron chi connectivity index (χ1n) is 18.1. The molecule has 0 atom stereocenters. The Kier molecular flexibility index (Phi) is 6.55. The van der Waals surface area contributed by atoms with Crippen LogP contribution < -0.4 is 4.90 Å². The SMILES string of the molecule is c1ccc2c(c1)ccc1ccc(N(c3ccc(-c4cccc5c4oc4ccccc45)cc3)c3ccc(-n4c5ccccc5c5ccccc54)cc3)cc12. The average molecular weight is 677 g/mol. The molecule has 0 aliphatic heterocycles. The van der Waals surface area contributed by atoms with Crippen molar-refractivity contribution in [3.63, 3.8) is 0 Å². The van der Waals surface area contributed by atoms with E-state index in [9.17, 15) is 0 Å². The zero-order valence-corrected chi connectivity index (χ0v) is 28.8. The third-order valence-corrected chi connectivity index (χ3v) is 10.8. The van der Waals surface area contributed by atoms with Gasteiger partial charge in [-0.25, -0.2) is 0 Å². The first-order chi connectivity index (χ1) is 26.3. The summed E-state index contributed by atoms with van der Waals surface area (Å²) in [5.74, 6) is 0. The molecule has 0 spiro atoms. The Balaban J connectivity index is 1.06. The number of para-hydroxylation sites is 4. The zero-order valence-electron chi connectivity index (χ0n) is 28.8. The maximum atomic E-state index is 6.41. The van der Waals surface area contributed by atoms with E-state index in [0.717, 1.165) is 55.8 Å². The molecular weight excluding hydrogens is 645 g/mol. The molecule has 0 amide bonds. The van der Waals surface area contributed by atoms with Gasteiger partial charge in [0.2, 0.25) is 0 Å². The van der Waals surface area contributed by atoms with Crippen LogP contribution >= 0.6 is 0 Å². The molecule has 0 radical (unpaired) electrons. The Bertz CT molecular complexity index is 3110. The van der Waals surface area contributed by atoms with Crippen molar-refractivity contribution in [2.45, 2.75) is 0 Å². The number of hydrogen-bond acceptors (Lipinski definition) is 2. The van der Waals surface area contributed by atoms with E-state index >= 15 is 0 Å². The second-order valence-electron chi connectivity index (χ2n) is 13.7. The molecule has 0 aliphatic carbocycles. The van der Waals surface area contributed by atoms with Crippen molar-refractivity contribution in [2.24, 2.45) is 0 Å². The van der Waals surface area contributed by atoms with Crippen LogP contribution in [0.5, 0.6) is 0 Å². The van der Waals surface area contributed by atoms with Crippen LogP contribution in [0.1, 0.15) is 0 Å². The van der Waals surface area contributed by atoms with E-state index in [0.29, 0.717) is 0 Å². The smallest absolute Gasteiger partial charge is 0.143 e. The topological polar surface area (TPSA) is 21.3 Å². The van der Waals surface area contributed by atoms with E-state index in [1.807, 2.05) is 12.1 Å². The molecule has 2 aromatic heterocycles. The largest absolute Gasteiger partial charge is 0.455 e. The van der Waals surface area contributed by atoms with Crippen LogP contribution in [0, 0.1) is 0 Å². The van der Waals surface area contributed by atoms with Crippen molar-refractivity contribution in [1.82, 2.24) is 4.57 Å². The van der Waals surface area contributed by atoms with Gasteiger partial charge in [0, 0.05) is 49.9 Å². The van der Waals surface area contributed by atoms with Gasteiger partial charge in [0.15, 0.2) is 0 Å². The second kappa shape index (κ2) is 11.7. The predicted molar refractivity (Wildman–Crippen MR) is 223 cm³/mol. The molecule has 248 valence electrons. The summed E-state index contributed by atoms with van der Waals surface area (Å²) in [6.07, 6.45) is 0. The molecule has 0 saturated carbocycles. The monoisotopic (exact) mass is 676 g/mol. The highest BCUT2D eigenvalue weighted by Gasteiger charge is 2.18. The first-order valence-corrected chi connectivity index (χ1v) is 18.1. The highest BCUT2D eigenvalue weighted by atomic mass is 16.3. The van der Waals surface area contributed by atoms with E-state index in [4.69, 9.17) is 4.42 Å². The van der Waals surface area contributed by atoms with Crippen molar-refractivity contribution in [1.29, 1.82) is 0 Å². The van der Waals surface area contributed by atoms with E-state index in [1.165, 1.54) is 43.4 Å². The van der Waals surface area contributed by atoms with Crippen molar-refractivity contribution < 1.29 is 4.42 Å². The minimum absolute atomic E-state index is 0.908. The molecule has 0 aliphatic rings. The summed E-state index contributed by atoms with van der Waals surface area (Å²) in [5, 5.41) is 9.75. The maximum Gasteiger partial charge on any atom is 0.143 e. The second-order valence-corrected chi connectivity index (χ2v) is 13.7. The highest BCUT2D eigenvalue weighted by Crippen LogP contribution is 2.41. The minimum Gasteiger partial charge on any atom is -0.455 e. The standard InChI is InChI=1S/C50H32N2O/c1-2-11-40-33(10-1)20-21-35-24-27-39(32-46(35)40)51(36-25-22-34(23-26-36)41-15-9-16-45-44-14-5-8-19-49(44)53-50(41)45)37-28-30-38(31-29-37)52-47-17-6-3-12-42(47)43-13-4-7-18-48(43)52/h1-32H. The van der Waals surface area contributed by atoms with Gasteiger partial charge in [-0.05, 0) is 93.8 Å². The fourth-order valence-electron chi connectivity index (χ4n) is 8.29. The summed E-state index contributed by atoms with van der Waals surface area (Å²) in [7, 11) is 0. The van der Waals surface area contributed by atoms with Gasteiger partial charge in [-0.3, -0.25) is 0 Å². The van der Waals surface area contributed by atoms with Crippen LogP contribution in [0.2, 0.25) is 0 Å². The number of rotatable bonds is 5. The number of benzene rings is 9. The van der Waals surface area contributed by atoms with Crippen molar-refractivity contribution in [2.75, 3.05) is 4.90 Å². The summed E-state index contributed by atoms with van der Waals surface area (Å²) in [6, 6.07) is 69.8. The molecule has 9 aromatic carbocycles. The minimum atomic E-state index is 0.908. The third-order valence-electron chi connectivity index (χ3n) is 10.8. The lowest BCUT2D eigenvalue weighted by atomic mass is 10.00. The molecule has 0 unspecified atom stereocenters. The Morgan fingerprint density at radius 2 is 0.925 bits per heavy atom. The van der Waals surface area contributed by atoms with Gasteiger partial charge in [-0.2, -0.15) is 0 Å². The molecule has 0 bridgehead atoms. The fourth-order valence-corrected chi connectivity index (χ4v) is 8.29. The Morgan fingerprint density at radius 3 is 1.66 bits per heavy atom. The lowest BCUT2D eigenvalue weighted by molar-refractivity contribution is 0.670. The van der Waals surface area contributed by atoms with Gasteiger partial charge < -0.3 is 13.9 Å². The number of furan rings is 1. The Labute approximate surface area is 306 Å². The van der Waals surface area contributed by atoms with Gasteiger partial charge in [0.25, 0.3) is 0 Å². The summed E-state index contributed by atoms with van der Waals surface area (Å²) >= 11 is 0. The molecule has 53 heavy (non-hydrogen) atoms. The van der Waals surface area contributed by atoms with Crippen molar-refractivity contribution >= 4 is 82.4 Å². The number of fused-ring (bicyclic) bond motifs is 9. The number of aromatic nitrogens is 1. The van der Waals surface area contributed by atoms with Crippen molar-refractivity contribution in [3.05, 3.63) is 194 Å². The summed E-state index contributed by atoms with van der Waals surface area (Å²) in [4.78, 5) is 2.36. The molecule has 3 heteroatoms. The summed E-state index contributed by atoms with van der Waals surface area (Å²) < 4.78 is 8.78. The average Bonchev–Trinajstić information content (AvgIpc) is 3.78. The van der Waals surface area contributed by atoms with Crippen LogP contribution in [0.15, 0.2) is 199 Å². The van der Waals surface area contributed by atoms with Gasteiger partial charge in [-0.1, -0.05) is 127 Å². The maximum absolute atomic E-state index is 6.41. The molecular formula is C50H32N2O. The van der Waals surface area contributed by atoms with E-state index in [-0.39, 0.29) is 0 Å². The van der Waals surface area contributed by atoms with Crippen molar-refractivity contribution in [3.8, 4) is 16.8 Å². The third kappa shape index (κ3) is 4.68.